The topological polar surface area (TPSA) is 122 Å². The minimum Gasteiger partial charge on any atom is -0.460 e. The van der Waals surface area contributed by atoms with Gasteiger partial charge in [0.2, 0.25) is 5.91 Å². The lowest BCUT2D eigenvalue weighted by atomic mass is 9.94. The highest BCUT2D eigenvalue weighted by molar-refractivity contribution is 5.95. The molecule has 0 saturated carbocycles. The first kappa shape index (κ1) is 29.3. The molecular weight excluding hydrogens is 493 g/mol. The standard InChI is InChI=1S/C28H38FN3O6/c1-17(2)26-19(4)9-10-24(34)30-11-5-7-18(3)13-21(33)14-20(29)15-25-31-22(16-37-25)27(35)32-12-6-8-23(32)28(36)38-26/h5,7,9-10,13,16-17,19-21,23,26,33H,6,8,11-12,14-15H2,1-4H3,(H,30,34)/b7-5+,10-9+,18-13+/t19-,20-,21+,23+,26-/m0/s1. The van der Waals surface area contributed by atoms with Gasteiger partial charge in [-0.25, -0.2) is 14.2 Å². The Hall–Kier alpha value is -3.27. The van der Waals surface area contributed by atoms with Crippen molar-refractivity contribution in [2.75, 3.05) is 13.1 Å². The van der Waals surface area contributed by atoms with E-state index in [0.29, 0.717) is 25.0 Å². The highest BCUT2D eigenvalue weighted by Crippen LogP contribution is 2.25. The zero-order valence-electron chi connectivity index (χ0n) is 22.4. The molecule has 2 N–H and O–H groups in total. The summed E-state index contributed by atoms with van der Waals surface area (Å²) in [6.07, 6.45) is 7.01. The van der Waals surface area contributed by atoms with Crippen LogP contribution in [0.15, 0.2) is 46.6 Å². The predicted molar refractivity (Wildman–Crippen MR) is 139 cm³/mol. The number of fused-ring (bicyclic) bond motifs is 3. The summed E-state index contributed by atoms with van der Waals surface area (Å²) >= 11 is 0. The molecule has 1 aromatic rings. The molecule has 2 amide bonds. The summed E-state index contributed by atoms with van der Waals surface area (Å²) in [7, 11) is 0. The van der Waals surface area contributed by atoms with Crippen molar-refractivity contribution >= 4 is 17.8 Å². The van der Waals surface area contributed by atoms with Gasteiger partial charge in [0.25, 0.3) is 5.91 Å². The van der Waals surface area contributed by atoms with Crippen molar-refractivity contribution < 1.29 is 33.0 Å². The summed E-state index contributed by atoms with van der Waals surface area (Å²) in [5.41, 5.74) is 0.710. The van der Waals surface area contributed by atoms with Gasteiger partial charge in [-0.15, -0.1) is 0 Å². The second-order valence-corrected chi connectivity index (χ2v) is 10.3. The average Bonchev–Trinajstić information content (AvgIpc) is 3.52. The van der Waals surface area contributed by atoms with Crippen molar-refractivity contribution in [3.8, 4) is 0 Å². The monoisotopic (exact) mass is 531 g/mol. The number of nitrogens with zero attached hydrogens (tertiary/aromatic N) is 2. The van der Waals surface area contributed by atoms with Crippen LogP contribution in [0, 0.1) is 11.8 Å². The van der Waals surface area contributed by atoms with Crippen LogP contribution in [0.5, 0.6) is 0 Å². The van der Waals surface area contributed by atoms with Gasteiger partial charge in [0.1, 0.15) is 24.6 Å². The molecule has 0 aromatic carbocycles. The summed E-state index contributed by atoms with van der Waals surface area (Å²) in [6, 6.07) is -0.768. The van der Waals surface area contributed by atoms with Crippen LogP contribution in [0.25, 0.3) is 0 Å². The van der Waals surface area contributed by atoms with Crippen LogP contribution < -0.4 is 5.32 Å². The van der Waals surface area contributed by atoms with E-state index in [4.69, 9.17) is 9.15 Å². The minimum absolute atomic E-state index is 0.00515. The molecule has 3 heterocycles. The summed E-state index contributed by atoms with van der Waals surface area (Å²) in [4.78, 5) is 44.1. The Bertz CT molecular complexity index is 1080. The number of aliphatic hydroxyl groups excluding tert-OH is 1. The summed E-state index contributed by atoms with van der Waals surface area (Å²) in [6.45, 7) is 8.13. The number of esters is 1. The number of alkyl halides is 1. The number of allylic oxidation sites excluding steroid dienone is 2. The highest BCUT2D eigenvalue weighted by atomic mass is 19.1. The van der Waals surface area contributed by atoms with Crippen LogP contribution in [-0.2, 0) is 20.7 Å². The molecule has 2 aliphatic heterocycles. The van der Waals surface area contributed by atoms with E-state index in [1.54, 1.807) is 25.2 Å². The predicted octanol–water partition coefficient (Wildman–Crippen LogP) is 3.30. The summed E-state index contributed by atoms with van der Waals surface area (Å²) in [5, 5.41) is 13.0. The Kier molecular flexibility index (Phi) is 10.4. The van der Waals surface area contributed by atoms with Crippen LogP contribution >= 0.6 is 0 Å². The van der Waals surface area contributed by atoms with Crippen molar-refractivity contribution in [2.45, 2.75) is 77.8 Å². The van der Waals surface area contributed by atoms with E-state index in [2.05, 4.69) is 10.3 Å². The Labute approximate surface area is 222 Å². The van der Waals surface area contributed by atoms with Gasteiger partial charge in [0.15, 0.2) is 11.6 Å². The Balaban J connectivity index is 1.85. The van der Waals surface area contributed by atoms with Crippen LogP contribution in [-0.4, -0.2) is 70.3 Å². The second-order valence-electron chi connectivity index (χ2n) is 10.3. The van der Waals surface area contributed by atoms with Crippen molar-refractivity contribution in [1.29, 1.82) is 0 Å². The van der Waals surface area contributed by atoms with Crippen LogP contribution in [0.3, 0.4) is 0 Å². The molecule has 0 unspecified atom stereocenters. The van der Waals surface area contributed by atoms with E-state index in [1.165, 1.54) is 23.3 Å². The molecule has 0 aliphatic carbocycles. The molecule has 2 bridgehead atoms. The number of hydrogen-bond acceptors (Lipinski definition) is 7. The van der Waals surface area contributed by atoms with Crippen LogP contribution in [0.4, 0.5) is 4.39 Å². The SMILES string of the molecule is CC1=C\[C@@H](O)C[C@H](F)Cc2nc(co2)C(=O)N2CCC[C@@H]2C(=O)O[C@@H](C(C)C)[C@@H](C)/C=C/C(=O)NC\C=C\1. The number of ether oxygens (including phenoxy) is 1. The van der Waals surface area contributed by atoms with Crippen molar-refractivity contribution in [2.24, 2.45) is 11.8 Å². The van der Waals surface area contributed by atoms with Crippen molar-refractivity contribution in [1.82, 2.24) is 15.2 Å². The van der Waals surface area contributed by atoms with Gasteiger partial charge in [-0.3, -0.25) is 9.59 Å². The number of oxazole rings is 1. The van der Waals surface area contributed by atoms with Gasteiger partial charge in [0, 0.05) is 25.4 Å². The van der Waals surface area contributed by atoms with Crippen LogP contribution in [0.1, 0.15) is 63.3 Å². The Morgan fingerprint density at radius 2 is 2.00 bits per heavy atom. The molecule has 1 fully saturated rings. The molecule has 1 aromatic heterocycles. The van der Waals surface area contributed by atoms with Gasteiger partial charge >= 0.3 is 5.97 Å². The lowest BCUT2D eigenvalue weighted by molar-refractivity contribution is -0.158. The third-order valence-corrected chi connectivity index (χ3v) is 6.66. The molecule has 3 rings (SSSR count). The molecule has 1 saturated heterocycles. The number of rotatable bonds is 1. The largest absolute Gasteiger partial charge is 0.460 e. The fourth-order valence-corrected chi connectivity index (χ4v) is 4.74. The molecule has 2 aliphatic rings. The van der Waals surface area contributed by atoms with Crippen molar-refractivity contribution in [3.05, 3.63) is 53.8 Å². The van der Waals surface area contributed by atoms with Gasteiger partial charge in [-0.1, -0.05) is 50.6 Å². The average molecular weight is 532 g/mol. The normalized spacial score (nSPS) is 31.7. The number of carbonyl (C=O) groups excluding carboxylic acids is 3. The number of amides is 2. The number of aliphatic hydroxyl groups is 1. The second kappa shape index (κ2) is 13.5. The maximum Gasteiger partial charge on any atom is 0.329 e. The molecule has 0 spiro atoms. The van der Waals surface area contributed by atoms with E-state index in [0.717, 1.165) is 0 Å². The number of hydrogen-bond donors (Lipinski definition) is 2. The summed E-state index contributed by atoms with van der Waals surface area (Å²) in [5.74, 6) is -1.51. The first-order valence-corrected chi connectivity index (χ1v) is 13.1. The molecular formula is C28H38FN3O6. The van der Waals surface area contributed by atoms with E-state index in [1.807, 2.05) is 20.8 Å². The van der Waals surface area contributed by atoms with E-state index in [-0.39, 0.29) is 48.7 Å². The molecule has 208 valence electrons. The zero-order chi connectivity index (χ0) is 27.8. The third kappa shape index (κ3) is 8.11. The summed E-state index contributed by atoms with van der Waals surface area (Å²) < 4.78 is 25.8. The smallest absolute Gasteiger partial charge is 0.329 e. The number of carbonyl (C=O) groups is 3. The van der Waals surface area contributed by atoms with E-state index < -0.39 is 36.3 Å². The molecule has 5 atom stereocenters. The quantitative estimate of drug-likeness (QED) is 0.533. The first-order valence-electron chi connectivity index (χ1n) is 13.1. The number of aromatic nitrogens is 1. The number of cyclic esters (lactones) is 1. The van der Waals surface area contributed by atoms with Gasteiger partial charge in [-0.05, 0) is 31.8 Å². The van der Waals surface area contributed by atoms with Gasteiger partial charge in [0.05, 0.1) is 12.5 Å². The fraction of sp³-hybridized carbons (Fsp3) is 0.571. The number of nitrogens with one attached hydrogen (secondary N) is 1. The van der Waals surface area contributed by atoms with E-state index >= 15 is 0 Å². The highest BCUT2D eigenvalue weighted by Gasteiger charge is 2.38. The van der Waals surface area contributed by atoms with Crippen molar-refractivity contribution in [3.63, 3.8) is 0 Å². The maximum absolute atomic E-state index is 14.6. The fourth-order valence-electron chi connectivity index (χ4n) is 4.74. The lowest BCUT2D eigenvalue weighted by Crippen LogP contribution is -2.44. The molecule has 0 radical (unpaired) electrons. The number of halogens is 1. The molecule has 10 heteroatoms. The minimum atomic E-state index is -1.45. The Morgan fingerprint density at radius 3 is 2.74 bits per heavy atom. The van der Waals surface area contributed by atoms with Gasteiger partial charge in [-0.2, -0.15) is 0 Å². The van der Waals surface area contributed by atoms with Crippen LogP contribution in [0.2, 0.25) is 0 Å². The lowest BCUT2D eigenvalue weighted by Gasteiger charge is -2.29. The Morgan fingerprint density at radius 1 is 1.24 bits per heavy atom. The third-order valence-electron chi connectivity index (χ3n) is 6.66. The van der Waals surface area contributed by atoms with E-state index in [9.17, 15) is 23.9 Å². The molecule has 9 nitrogen and oxygen atoms in total. The molecule has 38 heavy (non-hydrogen) atoms. The van der Waals surface area contributed by atoms with Gasteiger partial charge < -0.3 is 24.5 Å². The maximum atomic E-state index is 14.6. The first-order chi connectivity index (χ1) is 18.0. The zero-order valence-corrected chi connectivity index (χ0v) is 22.4.